The third kappa shape index (κ3) is 6.56. The molecule has 0 saturated heterocycles. The Morgan fingerprint density at radius 1 is 0.324 bits per heavy atom. The SMILES string of the molecule is ICc1ccc(C(c2ccc(CI)cc2)C(c2ccc(CI)cc2)c2ccc(CI)cc2)cc1. The van der Waals surface area contributed by atoms with Crippen molar-refractivity contribution in [2.75, 3.05) is 0 Å². The first-order valence-corrected chi connectivity index (χ1v) is 17.4. The summed E-state index contributed by atoms with van der Waals surface area (Å²) in [6.07, 6.45) is 0. The summed E-state index contributed by atoms with van der Waals surface area (Å²) < 4.78 is 4.14. The smallest absolute Gasteiger partial charge is 0.0247 e. The van der Waals surface area contributed by atoms with E-state index < -0.39 is 0 Å². The van der Waals surface area contributed by atoms with E-state index in [9.17, 15) is 0 Å². The van der Waals surface area contributed by atoms with E-state index in [4.69, 9.17) is 0 Å². The quantitative estimate of drug-likeness (QED) is 0.116. The topological polar surface area (TPSA) is 0 Å². The van der Waals surface area contributed by atoms with E-state index in [0.29, 0.717) is 0 Å². The van der Waals surface area contributed by atoms with Gasteiger partial charge < -0.3 is 0 Å². The fourth-order valence-corrected chi connectivity index (χ4v) is 6.45. The molecule has 4 rings (SSSR count). The average molecular weight is 894 g/mol. The first-order chi connectivity index (χ1) is 16.7. The van der Waals surface area contributed by atoms with Gasteiger partial charge in [0.1, 0.15) is 0 Å². The molecule has 4 aromatic carbocycles. The van der Waals surface area contributed by atoms with Gasteiger partial charge in [0, 0.05) is 29.5 Å². The maximum absolute atomic E-state index is 2.45. The molecule has 0 heterocycles. The highest BCUT2D eigenvalue weighted by Gasteiger charge is 2.28. The van der Waals surface area contributed by atoms with Crippen LogP contribution in [0.3, 0.4) is 0 Å². The van der Waals surface area contributed by atoms with E-state index in [1.165, 1.54) is 44.5 Å². The van der Waals surface area contributed by atoms with Crippen molar-refractivity contribution in [2.45, 2.75) is 29.5 Å². The summed E-state index contributed by atoms with van der Waals surface area (Å²) in [7, 11) is 0. The van der Waals surface area contributed by atoms with E-state index in [0.717, 1.165) is 17.7 Å². The van der Waals surface area contributed by atoms with Crippen molar-refractivity contribution in [2.24, 2.45) is 0 Å². The van der Waals surface area contributed by atoms with Gasteiger partial charge in [-0.2, -0.15) is 0 Å². The number of hydrogen-bond acceptors (Lipinski definition) is 0. The Kier molecular flexibility index (Phi) is 10.6. The van der Waals surface area contributed by atoms with Crippen LogP contribution in [0.25, 0.3) is 0 Å². The fraction of sp³-hybridized carbons (Fsp3) is 0.200. The van der Waals surface area contributed by atoms with E-state index >= 15 is 0 Å². The van der Waals surface area contributed by atoms with Gasteiger partial charge in [-0.1, -0.05) is 187 Å². The molecule has 0 nitrogen and oxygen atoms in total. The van der Waals surface area contributed by atoms with Crippen LogP contribution < -0.4 is 0 Å². The Bertz CT molecular complexity index is 973. The van der Waals surface area contributed by atoms with Crippen molar-refractivity contribution >= 4 is 90.4 Å². The second kappa shape index (κ2) is 13.4. The van der Waals surface area contributed by atoms with Crippen LogP contribution in [0, 0.1) is 0 Å². The first-order valence-electron chi connectivity index (χ1n) is 11.3. The van der Waals surface area contributed by atoms with Crippen LogP contribution in [0.4, 0.5) is 0 Å². The Hall–Kier alpha value is -0.200. The second-order valence-corrected chi connectivity index (χ2v) is 11.5. The molecule has 34 heavy (non-hydrogen) atoms. The Morgan fingerprint density at radius 3 is 0.647 bits per heavy atom. The highest BCUT2D eigenvalue weighted by atomic mass is 127. The lowest BCUT2D eigenvalue weighted by atomic mass is 9.73. The van der Waals surface area contributed by atoms with Gasteiger partial charge >= 0.3 is 0 Å². The van der Waals surface area contributed by atoms with Gasteiger partial charge in [0.15, 0.2) is 0 Å². The number of halogens is 4. The van der Waals surface area contributed by atoms with E-state index in [1.807, 2.05) is 0 Å². The van der Waals surface area contributed by atoms with Crippen LogP contribution in [0.1, 0.15) is 56.3 Å². The third-order valence-electron chi connectivity index (χ3n) is 6.31. The third-order valence-corrected chi connectivity index (χ3v) is 9.83. The fourth-order valence-electron chi connectivity index (χ4n) is 4.41. The van der Waals surface area contributed by atoms with Gasteiger partial charge in [0.05, 0.1) is 0 Å². The summed E-state index contributed by atoms with van der Waals surface area (Å²) in [5, 5.41) is 0. The molecular weight excluding hydrogens is 868 g/mol. The van der Waals surface area contributed by atoms with Gasteiger partial charge in [0.25, 0.3) is 0 Å². The van der Waals surface area contributed by atoms with Gasteiger partial charge in [-0.3, -0.25) is 0 Å². The first kappa shape index (κ1) is 26.9. The molecule has 0 saturated carbocycles. The van der Waals surface area contributed by atoms with Crippen molar-refractivity contribution in [3.63, 3.8) is 0 Å². The van der Waals surface area contributed by atoms with Crippen molar-refractivity contribution in [3.05, 3.63) is 142 Å². The molecular formula is C30H26I4. The zero-order valence-electron chi connectivity index (χ0n) is 18.7. The van der Waals surface area contributed by atoms with Gasteiger partial charge in [-0.05, 0) is 44.5 Å². The average Bonchev–Trinajstić information content (AvgIpc) is 2.92. The van der Waals surface area contributed by atoms with Crippen LogP contribution in [0.2, 0.25) is 0 Å². The van der Waals surface area contributed by atoms with Crippen LogP contribution in [0.5, 0.6) is 0 Å². The number of hydrogen-bond donors (Lipinski definition) is 0. The molecule has 0 aliphatic heterocycles. The summed E-state index contributed by atoms with van der Waals surface area (Å²) in [6, 6.07) is 37.1. The largest absolute Gasteiger partial charge is 0.0812 e. The van der Waals surface area contributed by atoms with Gasteiger partial charge in [0.2, 0.25) is 0 Å². The molecule has 0 spiro atoms. The Labute approximate surface area is 258 Å². The molecule has 0 aliphatic carbocycles. The Balaban J connectivity index is 1.90. The van der Waals surface area contributed by atoms with Crippen LogP contribution >= 0.6 is 90.4 Å². The molecule has 174 valence electrons. The summed E-state index contributed by atoms with van der Waals surface area (Å²) >= 11 is 9.78. The van der Waals surface area contributed by atoms with Crippen molar-refractivity contribution in [1.82, 2.24) is 0 Å². The molecule has 0 amide bonds. The van der Waals surface area contributed by atoms with E-state index in [-0.39, 0.29) is 11.8 Å². The summed E-state index contributed by atoms with van der Waals surface area (Å²) in [6.45, 7) is 0. The second-order valence-electron chi connectivity index (χ2n) is 8.46. The molecule has 0 unspecified atom stereocenters. The zero-order chi connectivity index (χ0) is 23.9. The lowest BCUT2D eigenvalue weighted by Gasteiger charge is -2.30. The molecule has 0 bridgehead atoms. The lowest BCUT2D eigenvalue weighted by molar-refractivity contribution is 0.693. The number of alkyl halides is 4. The van der Waals surface area contributed by atoms with Crippen LogP contribution in [0.15, 0.2) is 97.1 Å². The number of benzene rings is 4. The highest BCUT2D eigenvalue weighted by Crippen LogP contribution is 2.43. The maximum atomic E-state index is 2.45. The van der Waals surface area contributed by atoms with Gasteiger partial charge in [-0.25, -0.2) is 0 Å². The predicted molar refractivity (Wildman–Crippen MR) is 180 cm³/mol. The Morgan fingerprint density at radius 2 is 0.500 bits per heavy atom. The standard InChI is InChI=1S/C30H26I4/c31-17-21-1-9-25(10-2-21)29(26-11-3-22(18-32)4-12-26)30(27-13-5-23(19-33)6-14-27)28-15-7-24(20-34)8-16-28/h1-16,29-30H,17-20H2. The van der Waals surface area contributed by atoms with Gasteiger partial charge in [-0.15, -0.1) is 0 Å². The summed E-state index contributed by atoms with van der Waals surface area (Å²) in [5.74, 6) is 0.477. The van der Waals surface area contributed by atoms with E-state index in [1.54, 1.807) is 0 Å². The number of rotatable bonds is 9. The minimum atomic E-state index is 0.238. The van der Waals surface area contributed by atoms with Crippen molar-refractivity contribution < 1.29 is 0 Å². The zero-order valence-corrected chi connectivity index (χ0v) is 27.4. The van der Waals surface area contributed by atoms with Crippen LogP contribution in [-0.2, 0) is 17.7 Å². The molecule has 0 N–H and O–H groups in total. The summed E-state index contributed by atoms with van der Waals surface area (Å²) in [5.41, 5.74) is 11.0. The monoisotopic (exact) mass is 894 g/mol. The molecule has 4 heteroatoms. The van der Waals surface area contributed by atoms with Crippen LogP contribution in [-0.4, -0.2) is 0 Å². The molecule has 4 aromatic rings. The molecule has 0 radical (unpaired) electrons. The minimum Gasteiger partial charge on any atom is -0.0812 e. The minimum absolute atomic E-state index is 0.238. The molecule has 0 aliphatic rings. The molecule has 0 fully saturated rings. The summed E-state index contributed by atoms with van der Waals surface area (Å²) in [4.78, 5) is 0. The molecule has 0 aromatic heterocycles. The molecule has 0 atom stereocenters. The van der Waals surface area contributed by atoms with Crippen molar-refractivity contribution in [1.29, 1.82) is 0 Å². The highest BCUT2D eigenvalue weighted by molar-refractivity contribution is 14.1. The predicted octanol–water partition coefficient (Wildman–Crippen LogP) is 10.4. The van der Waals surface area contributed by atoms with Crippen molar-refractivity contribution in [3.8, 4) is 0 Å². The normalized spacial score (nSPS) is 11.4. The maximum Gasteiger partial charge on any atom is 0.0247 e. The van der Waals surface area contributed by atoms with E-state index in [2.05, 4.69) is 187 Å². The lowest BCUT2D eigenvalue weighted by Crippen LogP contribution is -2.15.